The van der Waals surface area contributed by atoms with E-state index in [0.29, 0.717) is 39.0 Å². The molecule has 1 aliphatic heterocycles. The van der Waals surface area contributed by atoms with E-state index in [2.05, 4.69) is 0 Å². The van der Waals surface area contributed by atoms with Gasteiger partial charge < -0.3 is 10.6 Å². The van der Waals surface area contributed by atoms with Gasteiger partial charge in [-0.25, -0.2) is 8.42 Å². The lowest BCUT2D eigenvalue weighted by atomic mass is 9.95. The number of hydrogen-bond donors (Lipinski definition) is 1. The van der Waals surface area contributed by atoms with E-state index in [1.807, 2.05) is 24.3 Å². The molecular formula is C16H23N3O3S. The average Bonchev–Trinajstić information content (AvgIpc) is 2.91. The molecule has 0 radical (unpaired) electrons. The van der Waals surface area contributed by atoms with E-state index >= 15 is 0 Å². The van der Waals surface area contributed by atoms with Crippen LogP contribution in [0, 0.1) is 0 Å². The van der Waals surface area contributed by atoms with E-state index in [0.717, 1.165) is 11.1 Å². The third-order valence-corrected chi connectivity index (χ3v) is 6.72. The third kappa shape index (κ3) is 3.00. The maximum absolute atomic E-state index is 12.8. The first-order valence-electron chi connectivity index (χ1n) is 7.98. The Labute approximate surface area is 137 Å². The van der Waals surface area contributed by atoms with Gasteiger partial charge in [0.25, 0.3) is 0 Å². The fraction of sp³-hybridized carbons (Fsp3) is 0.562. The Morgan fingerprint density at radius 2 is 1.65 bits per heavy atom. The van der Waals surface area contributed by atoms with E-state index in [9.17, 15) is 13.2 Å². The number of sulfonamides is 1. The predicted octanol–water partition coefficient (Wildman–Crippen LogP) is -0.0234. The number of nitrogens with two attached hydrogens (primary N) is 1. The van der Waals surface area contributed by atoms with Crippen molar-refractivity contribution in [1.82, 2.24) is 9.21 Å². The van der Waals surface area contributed by atoms with Crippen molar-refractivity contribution in [3.05, 3.63) is 35.4 Å². The molecule has 2 aliphatic rings. The van der Waals surface area contributed by atoms with Gasteiger partial charge in [-0.05, 0) is 30.9 Å². The summed E-state index contributed by atoms with van der Waals surface area (Å²) in [4.78, 5) is 14.6. The van der Waals surface area contributed by atoms with Crippen molar-refractivity contribution in [2.75, 3.05) is 31.9 Å². The minimum absolute atomic E-state index is 0.0674. The highest BCUT2D eigenvalue weighted by atomic mass is 32.2. The van der Waals surface area contributed by atoms with E-state index in [4.69, 9.17) is 5.73 Å². The van der Waals surface area contributed by atoms with Crippen LogP contribution >= 0.6 is 0 Å². The molecular weight excluding hydrogens is 314 g/mol. The number of fused-ring (bicyclic) bond motifs is 1. The summed E-state index contributed by atoms with van der Waals surface area (Å²) in [5.74, 6) is 0.0270. The Balaban J connectivity index is 1.67. The molecule has 6 nitrogen and oxygen atoms in total. The summed E-state index contributed by atoms with van der Waals surface area (Å²) >= 11 is 0. The second-order valence-electron chi connectivity index (χ2n) is 6.37. The zero-order valence-corrected chi connectivity index (χ0v) is 14.2. The molecule has 1 aromatic carbocycles. The number of amides is 1. The van der Waals surface area contributed by atoms with Crippen molar-refractivity contribution >= 4 is 15.9 Å². The lowest BCUT2D eigenvalue weighted by Crippen LogP contribution is -2.60. The maximum atomic E-state index is 12.8. The van der Waals surface area contributed by atoms with Crippen molar-refractivity contribution in [2.24, 2.45) is 5.73 Å². The Hall–Kier alpha value is -1.44. The maximum Gasteiger partial charge on any atom is 0.243 e. The summed E-state index contributed by atoms with van der Waals surface area (Å²) in [6.07, 6.45) is 1.10. The van der Waals surface area contributed by atoms with Crippen molar-refractivity contribution in [1.29, 1.82) is 0 Å². The SMILES string of the molecule is CCS(=O)(=O)N1CCN(C(=O)C2(N)Cc3ccccc3C2)CC1. The van der Waals surface area contributed by atoms with E-state index in [-0.39, 0.29) is 11.7 Å². The summed E-state index contributed by atoms with van der Waals surface area (Å²) in [5.41, 5.74) is 7.78. The van der Waals surface area contributed by atoms with Gasteiger partial charge in [0.15, 0.2) is 0 Å². The first-order valence-corrected chi connectivity index (χ1v) is 9.59. The molecule has 7 heteroatoms. The lowest BCUT2D eigenvalue weighted by Gasteiger charge is -2.37. The van der Waals surface area contributed by atoms with Crippen LogP contribution in [0.25, 0.3) is 0 Å². The number of rotatable bonds is 3. The van der Waals surface area contributed by atoms with Crippen LogP contribution in [-0.4, -0.2) is 61.0 Å². The van der Waals surface area contributed by atoms with Gasteiger partial charge in [-0.1, -0.05) is 24.3 Å². The Morgan fingerprint density at radius 3 is 2.13 bits per heavy atom. The summed E-state index contributed by atoms with van der Waals surface area (Å²) in [6, 6.07) is 7.96. The van der Waals surface area contributed by atoms with E-state index in [1.165, 1.54) is 4.31 Å². The molecule has 1 saturated heterocycles. The van der Waals surface area contributed by atoms with Gasteiger partial charge >= 0.3 is 0 Å². The molecule has 1 aromatic rings. The number of carbonyl (C=O) groups excluding carboxylic acids is 1. The van der Waals surface area contributed by atoms with Gasteiger partial charge in [0.1, 0.15) is 5.54 Å². The number of benzene rings is 1. The Morgan fingerprint density at radius 1 is 1.13 bits per heavy atom. The van der Waals surface area contributed by atoms with Crippen molar-refractivity contribution in [3.63, 3.8) is 0 Å². The molecule has 0 atom stereocenters. The normalized spacial score (nSPS) is 21.2. The van der Waals surface area contributed by atoms with Crippen molar-refractivity contribution in [2.45, 2.75) is 25.3 Å². The van der Waals surface area contributed by atoms with Gasteiger partial charge in [0, 0.05) is 26.2 Å². The molecule has 1 amide bonds. The standard InChI is InChI=1S/C16H23N3O3S/c1-2-23(21,22)19-9-7-18(8-10-19)15(20)16(17)11-13-5-3-4-6-14(13)12-16/h3-6H,2,7-12,17H2,1H3. The molecule has 0 saturated carbocycles. The van der Waals surface area contributed by atoms with Crippen molar-refractivity contribution in [3.8, 4) is 0 Å². The molecule has 2 N–H and O–H groups in total. The second kappa shape index (κ2) is 5.89. The number of hydrogen-bond acceptors (Lipinski definition) is 4. The molecule has 0 unspecified atom stereocenters. The first kappa shape index (κ1) is 16.4. The van der Waals surface area contributed by atoms with Crippen LogP contribution in [-0.2, 0) is 27.7 Å². The second-order valence-corrected chi connectivity index (χ2v) is 8.63. The quantitative estimate of drug-likeness (QED) is 0.840. The minimum atomic E-state index is -3.18. The van der Waals surface area contributed by atoms with Crippen LogP contribution in [0.5, 0.6) is 0 Å². The molecule has 3 rings (SSSR count). The Kier molecular flexibility index (Phi) is 4.20. The highest BCUT2D eigenvalue weighted by Crippen LogP contribution is 2.30. The van der Waals surface area contributed by atoms with E-state index < -0.39 is 15.6 Å². The van der Waals surface area contributed by atoms with Crippen LogP contribution in [0.15, 0.2) is 24.3 Å². The molecule has 0 aromatic heterocycles. The molecule has 0 spiro atoms. The summed E-state index contributed by atoms with van der Waals surface area (Å²) in [6.45, 7) is 3.16. The predicted molar refractivity (Wildman–Crippen MR) is 88.4 cm³/mol. The molecule has 1 aliphatic carbocycles. The highest BCUT2D eigenvalue weighted by molar-refractivity contribution is 7.89. The van der Waals surface area contributed by atoms with Crippen LogP contribution in [0.3, 0.4) is 0 Å². The van der Waals surface area contributed by atoms with Crippen LogP contribution < -0.4 is 5.73 Å². The third-order valence-electron chi connectivity index (χ3n) is 4.84. The fourth-order valence-electron chi connectivity index (χ4n) is 3.46. The number of piperazine rings is 1. The highest BCUT2D eigenvalue weighted by Gasteiger charge is 2.43. The largest absolute Gasteiger partial charge is 0.338 e. The van der Waals surface area contributed by atoms with Gasteiger partial charge in [0.2, 0.25) is 15.9 Å². The molecule has 23 heavy (non-hydrogen) atoms. The van der Waals surface area contributed by atoms with Gasteiger partial charge in [-0.15, -0.1) is 0 Å². The van der Waals surface area contributed by atoms with Gasteiger partial charge in [-0.2, -0.15) is 4.31 Å². The smallest absolute Gasteiger partial charge is 0.243 e. The minimum Gasteiger partial charge on any atom is -0.338 e. The summed E-state index contributed by atoms with van der Waals surface area (Å²) in [5, 5.41) is 0. The first-order chi connectivity index (χ1) is 10.9. The van der Waals surface area contributed by atoms with Crippen LogP contribution in [0.1, 0.15) is 18.1 Å². The van der Waals surface area contributed by atoms with Gasteiger partial charge in [-0.3, -0.25) is 4.79 Å². The summed E-state index contributed by atoms with van der Waals surface area (Å²) in [7, 11) is -3.18. The molecule has 126 valence electrons. The number of carbonyl (C=O) groups is 1. The van der Waals surface area contributed by atoms with Gasteiger partial charge in [0.05, 0.1) is 5.75 Å². The number of nitrogens with zero attached hydrogens (tertiary/aromatic N) is 2. The fourth-order valence-corrected chi connectivity index (χ4v) is 4.55. The van der Waals surface area contributed by atoms with Crippen LogP contribution in [0.2, 0.25) is 0 Å². The molecule has 1 fully saturated rings. The van der Waals surface area contributed by atoms with Crippen LogP contribution in [0.4, 0.5) is 0 Å². The van der Waals surface area contributed by atoms with E-state index in [1.54, 1.807) is 11.8 Å². The van der Waals surface area contributed by atoms with Crippen molar-refractivity contribution < 1.29 is 13.2 Å². The lowest BCUT2D eigenvalue weighted by molar-refractivity contribution is -0.137. The topological polar surface area (TPSA) is 83.7 Å². The molecule has 0 bridgehead atoms. The monoisotopic (exact) mass is 337 g/mol. The molecule has 1 heterocycles. The average molecular weight is 337 g/mol. The zero-order chi connectivity index (χ0) is 16.7. The zero-order valence-electron chi connectivity index (χ0n) is 13.4. The summed E-state index contributed by atoms with van der Waals surface area (Å²) < 4.78 is 25.3. The Bertz CT molecular complexity index is 684.